The predicted molar refractivity (Wildman–Crippen MR) is 125 cm³/mol. The Balaban J connectivity index is 1.76. The summed E-state index contributed by atoms with van der Waals surface area (Å²) < 4.78 is 11.8. The molecule has 2 aromatic rings. The van der Waals surface area contributed by atoms with Crippen LogP contribution >= 0.6 is 22.6 Å². The molecule has 0 aromatic heterocycles. The van der Waals surface area contributed by atoms with E-state index >= 15 is 0 Å². The Bertz CT molecular complexity index is 1070. The van der Waals surface area contributed by atoms with E-state index in [9.17, 15) is 14.4 Å². The van der Waals surface area contributed by atoms with E-state index in [0.717, 1.165) is 14.0 Å². The number of benzene rings is 2. The molecule has 0 bridgehead atoms. The Hall–Kier alpha value is -3.08. The van der Waals surface area contributed by atoms with Crippen LogP contribution in [0.3, 0.4) is 0 Å². The van der Waals surface area contributed by atoms with Crippen LogP contribution in [-0.2, 0) is 9.59 Å². The molecule has 1 heterocycles. The molecule has 2 aromatic carbocycles. The number of amides is 4. The number of ether oxygens (including phenoxy) is 2. The number of carbonyl (C=O) groups excluding carboxylic acids is 3. The molecule has 1 saturated heterocycles. The maximum Gasteiger partial charge on any atom is 0.329 e. The highest BCUT2D eigenvalue weighted by Crippen LogP contribution is 2.34. The lowest BCUT2D eigenvalue weighted by Crippen LogP contribution is -2.38. The number of urea groups is 1. The highest BCUT2D eigenvalue weighted by molar-refractivity contribution is 14.1. The molecule has 0 radical (unpaired) electrons. The lowest BCUT2D eigenvalue weighted by molar-refractivity contribution is -0.127. The number of hydrogen-bond acceptors (Lipinski definition) is 5. The van der Waals surface area contributed by atoms with E-state index in [2.05, 4.69) is 33.2 Å². The minimum absolute atomic E-state index is 0.0803. The van der Waals surface area contributed by atoms with Crippen LogP contribution in [0, 0.1) is 10.5 Å². The predicted octanol–water partition coefficient (Wildman–Crippen LogP) is 3.54. The molecule has 8 nitrogen and oxygen atoms in total. The molecule has 0 unspecified atom stereocenters. The molecule has 0 aliphatic carbocycles. The first-order chi connectivity index (χ1) is 14.8. The smallest absolute Gasteiger partial charge is 0.329 e. The minimum Gasteiger partial charge on any atom is -0.492 e. The number of hydrogen-bond donors (Lipinski definition) is 2. The van der Waals surface area contributed by atoms with E-state index in [-0.39, 0.29) is 12.2 Å². The molecule has 9 heteroatoms. The standard InChI is InChI=1S/C22H22IN3O5/c1-4-31-18-11-14(9-16(23)20(18)30-3)10-17-21(28)26(22(29)25-17)12-19(27)24-15-7-5-6-13(2)8-15/h5-11H,4,12H2,1-3H3,(H,24,27)(H,25,29). The molecular formula is C22H22IN3O5. The Morgan fingerprint density at radius 1 is 1.26 bits per heavy atom. The van der Waals surface area contributed by atoms with Gasteiger partial charge in [-0.1, -0.05) is 12.1 Å². The second-order valence-electron chi connectivity index (χ2n) is 6.76. The molecular weight excluding hydrogens is 513 g/mol. The second-order valence-corrected chi connectivity index (χ2v) is 7.93. The zero-order valence-electron chi connectivity index (χ0n) is 17.3. The van der Waals surface area contributed by atoms with Crippen molar-refractivity contribution in [1.82, 2.24) is 10.2 Å². The van der Waals surface area contributed by atoms with Gasteiger partial charge in [-0.15, -0.1) is 0 Å². The van der Waals surface area contributed by atoms with E-state index in [4.69, 9.17) is 9.47 Å². The fourth-order valence-corrected chi connectivity index (χ4v) is 3.93. The first-order valence-electron chi connectivity index (χ1n) is 9.53. The zero-order chi connectivity index (χ0) is 22.5. The number of nitrogens with one attached hydrogen (secondary N) is 2. The van der Waals surface area contributed by atoms with Crippen molar-refractivity contribution in [3.05, 3.63) is 56.8 Å². The van der Waals surface area contributed by atoms with Gasteiger partial charge in [0.05, 0.1) is 17.3 Å². The first kappa shape index (κ1) is 22.6. The van der Waals surface area contributed by atoms with Crippen LogP contribution < -0.4 is 20.1 Å². The summed E-state index contributed by atoms with van der Waals surface area (Å²) in [6, 6.07) is 10.1. The van der Waals surface area contributed by atoms with Crippen LogP contribution in [0.1, 0.15) is 18.1 Å². The molecule has 1 aliphatic heterocycles. The van der Waals surface area contributed by atoms with Gasteiger partial charge in [0.25, 0.3) is 5.91 Å². The highest BCUT2D eigenvalue weighted by Gasteiger charge is 2.35. The first-order valence-corrected chi connectivity index (χ1v) is 10.6. The third-order valence-electron chi connectivity index (χ3n) is 4.41. The molecule has 0 saturated carbocycles. The number of methoxy groups -OCH3 is 1. The SMILES string of the molecule is CCOc1cc(C=C2NC(=O)N(CC(=O)Nc3cccc(C)c3)C2=O)cc(I)c1OC. The van der Waals surface area contributed by atoms with Gasteiger partial charge in [-0.25, -0.2) is 9.69 Å². The topological polar surface area (TPSA) is 97.0 Å². The fraction of sp³-hybridized carbons (Fsp3) is 0.227. The summed E-state index contributed by atoms with van der Waals surface area (Å²) in [7, 11) is 1.55. The van der Waals surface area contributed by atoms with Crippen molar-refractivity contribution < 1.29 is 23.9 Å². The largest absolute Gasteiger partial charge is 0.492 e. The molecule has 1 aliphatic rings. The van der Waals surface area contributed by atoms with Gasteiger partial charge in [-0.05, 0) is 77.9 Å². The average Bonchev–Trinajstić information content (AvgIpc) is 2.95. The quantitative estimate of drug-likeness (QED) is 0.321. The van der Waals surface area contributed by atoms with Crippen molar-refractivity contribution in [3.63, 3.8) is 0 Å². The number of carbonyl (C=O) groups is 3. The lowest BCUT2D eigenvalue weighted by atomic mass is 10.1. The van der Waals surface area contributed by atoms with Crippen LogP contribution in [0.2, 0.25) is 0 Å². The molecule has 2 N–H and O–H groups in total. The maximum atomic E-state index is 12.7. The summed E-state index contributed by atoms with van der Waals surface area (Å²) in [4.78, 5) is 38.2. The normalized spacial score (nSPS) is 14.6. The van der Waals surface area contributed by atoms with Gasteiger partial charge in [0, 0.05) is 5.69 Å². The second kappa shape index (κ2) is 9.82. The van der Waals surface area contributed by atoms with Crippen LogP contribution in [0.5, 0.6) is 11.5 Å². The van der Waals surface area contributed by atoms with Gasteiger partial charge >= 0.3 is 6.03 Å². The maximum absolute atomic E-state index is 12.7. The number of halogens is 1. The summed E-state index contributed by atoms with van der Waals surface area (Å²) in [5, 5.41) is 5.22. The monoisotopic (exact) mass is 535 g/mol. The summed E-state index contributed by atoms with van der Waals surface area (Å²) in [5.74, 6) is 0.0943. The Kier molecular flexibility index (Phi) is 7.16. The van der Waals surface area contributed by atoms with E-state index in [1.54, 1.807) is 37.5 Å². The van der Waals surface area contributed by atoms with Crippen molar-refractivity contribution in [3.8, 4) is 11.5 Å². The number of imide groups is 1. The van der Waals surface area contributed by atoms with Crippen LogP contribution in [0.15, 0.2) is 42.1 Å². The molecule has 31 heavy (non-hydrogen) atoms. The number of aryl methyl sites for hydroxylation is 1. The van der Waals surface area contributed by atoms with Crippen molar-refractivity contribution in [2.45, 2.75) is 13.8 Å². The summed E-state index contributed by atoms with van der Waals surface area (Å²) in [6.07, 6.45) is 1.54. The molecule has 4 amide bonds. The number of anilines is 1. The van der Waals surface area contributed by atoms with Gasteiger partial charge in [-0.3, -0.25) is 9.59 Å². The average molecular weight is 535 g/mol. The Labute approximate surface area is 193 Å². The van der Waals surface area contributed by atoms with Crippen LogP contribution in [0.4, 0.5) is 10.5 Å². The third kappa shape index (κ3) is 5.35. The van der Waals surface area contributed by atoms with Crippen LogP contribution in [-0.4, -0.2) is 43.0 Å². The fourth-order valence-electron chi connectivity index (χ4n) is 3.08. The van der Waals surface area contributed by atoms with Gasteiger partial charge in [0.15, 0.2) is 11.5 Å². The molecule has 1 fully saturated rings. The summed E-state index contributed by atoms with van der Waals surface area (Å²) in [6.45, 7) is 3.82. The van der Waals surface area contributed by atoms with Crippen molar-refractivity contribution in [2.75, 3.05) is 25.6 Å². The summed E-state index contributed by atoms with van der Waals surface area (Å²) >= 11 is 2.11. The number of nitrogens with zero attached hydrogens (tertiary/aromatic N) is 1. The summed E-state index contributed by atoms with van der Waals surface area (Å²) in [5.41, 5.74) is 2.32. The van der Waals surface area contributed by atoms with E-state index in [1.807, 2.05) is 26.0 Å². The molecule has 162 valence electrons. The highest BCUT2D eigenvalue weighted by atomic mass is 127. The van der Waals surface area contributed by atoms with Crippen LogP contribution in [0.25, 0.3) is 6.08 Å². The van der Waals surface area contributed by atoms with Crippen molar-refractivity contribution in [2.24, 2.45) is 0 Å². The molecule has 0 spiro atoms. The van der Waals surface area contributed by atoms with Gasteiger partial charge in [0.2, 0.25) is 5.91 Å². The van der Waals surface area contributed by atoms with Gasteiger partial charge < -0.3 is 20.1 Å². The number of rotatable bonds is 7. The van der Waals surface area contributed by atoms with Crippen molar-refractivity contribution >= 4 is 52.2 Å². The third-order valence-corrected chi connectivity index (χ3v) is 5.21. The van der Waals surface area contributed by atoms with Crippen molar-refractivity contribution in [1.29, 1.82) is 0 Å². The van der Waals surface area contributed by atoms with E-state index in [1.165, 1.54) is 0 Å². The lowest BCUT2D eigenvalue weighted by Gasteiger charge is -2.12. The minimum atomic E-state index is -0.649. The van der Waals surface area contributed by atoms with Gasteiger partial charge in [-0.2, -0.15) is 0 Å². The van der Waals surface area contributed by atoms with Gasteiger partial charge in [0.1, 0.15) is 12.2 Å². The van der Waals surface area contributed by atoms with E-state index in [0.29, 0.717) is 29.4 Å². The Morgan fingerprint density at radius 3 is 2.71 bits per heavy atom. The molecule has 3 rings (SSSR count). The molecule has 0 atom stereocenters. The zero-order valence-corrected chi connectivity index (χ0v) is 19.5. The Morgan fingerprint density at radius 2 is 2.03 bits per heavy atom. The van der Waals surface area contributed by atoms with E-state index < -0.39 is 17.8 Å².